The van der Waals surface area contributed by atoms with Crippen LogP contribution in [-0.4, -0.2) is 53.4 Å². The average Bonchev–Trinajstić information content (AvgIpc) is 3.03. The fraction of sp³-hybridized carbons (Fsp3) is 0.391. The number of likely N-dealkylation sites (tertiary alicyclic amines) is 1. The van der Waals surface area contributed by atoms with Gasteiger partial charge in [0.2, 0.25) is 0 Å². The Morgan fingerprint density at radius 2 is 1.81 bits per heavy atom. The Balaban J connectivity index is 1.36. The molecule has 0 aliphatic carbocycles. The van der Waals surface area contributed by atoms with Crippen LogP contribution in [0.5, 0.6) is 5.75 Å². The van der Waals surface area contributed by atoms with Crippen LogP contribution in [0.2, 0.25) is 0 Å². The van der Waals surface area contributed by atoms with Crippen molar-refractivity contribution in [2.24, 2.45) is 0 Å². The Morgan fingerprint density at radius 3 is 2.47 bits per heavy atom. The first-order valence-electron chi connectivity index (χ1n) is 10.3. The van der Waals surface area contributed by atoms with Crippen LogP contribution >= 0.6 is 0 Å². The number of carbonyl (C=O) groups is 2. The minimum absolute atomic E-state index is 0.118. The van der Waals surface area contributed by atoms with Gasteiger partial charge >= 0.3 is 12.5 Å². The van der Waals surface area contributed by atoms with Crippen molar-refractivity contribution < 1.29 is 32.2 Å². The first-order chi connectivity index (χ1) is 15.1. The molecule has 0 unspecified atom stereocenters. The molecule has 2 amide bonds. The molecular weight excluding hydrogens is 425 g/mol. The van der Waals surface area contributed by atoms with Crippen molar-refractivity contribution in [2.75, 3.05) is 19.6 Å². The quantitative estimate of drug-likeness (QED) is 0.690. The fourth-order valence-corrected chi connectivity index (χ4v) is 4.12. The number of ether oxygens (including phenoxy) is 2. The van der Waals surface area contributed by atoms with Crippen molar-refractivity contribution in [3.8, 4) is 5.75 Å². The maximum atomic E-state index is 12.8. The molecule has 2 heterocycles. The Kier molecular flexibility index (Phi) is 5.75. The number of piperidine rings is 1. The lowest BCUT2D eigenvalue weighted by Crippen LogP contribution is -2.48. The number of halogens is 3. The number of nitrogens with zero attached hydrogens (tertiary/aromatic N) is 2. The highest BCUT2D eigenvalue weighted by Crippen LogP contribution is 2.34. The van der Waals surface area contributed by atoms with E-state index in [-0.39, 0.29) is 17.6 Å². The summed E-state index contributed by atoms with van der Waals surface area (Å²) >= 11 is 0. The van der Waals surface area contributed by atoms with E-state index in [1.165, 1.54) is 12.1 Å². The minimum Gasteiger partial charge on any atom is -0.441 e. The average molecular weight is 448 g/mol. The fourth-order valence-electron chi connectivity index (χ4n) is 4.12. The van der Waals surface area contributed by atoms with E-state index in [9.17, 15) is 22.8 Å². The summed E-state index contributed by atoms with van der Waals surface area (Å²) in [6.07, 6.45) is -4.26. The Hall–Kier alpha value is -3.23. The molecule has 2 saturated heterocycles. The second-order valence-electron chi connectivity index (χ2n) is 8.26. The zero-order chi connectivity index (χ0) is 22.9. The van der Waals surface area contributed by atoms with Gasteiger partial charge in [-0.15, -0.1) is 13.2 Å². The van der Waals surface area contributed by atoms with Gasteiger partial charge in [-0.2, -0.15) is 0 Å². The van der Waals surface area contributed by atoms with Crippen LogP contribution < -0.4 is 4.74 Å². The van der Waals surface area contributed by atoms with Gasteiger partial charge in [0, 0.05) is 38.0 Å². The first kappa shape index (κ1) is 22.0. The summed E-state index contributed by atoms with van der Waals surface area (Å²) < 4.78 is 47.0. The van der Waals surface area contributed by atoms with E-state index in [0.717, 1.165) is 23.3 Å². The largest absolute Gasteiger partial charge is 0.573 e. The smallest absolute Gasteiger partial charge is 0.441 e. The van der Waals surface area contributed by atoms with Crippen molar-refractivity contribution >= 4 is 12.0 Å². The number of alkyl halides is 3. The first-order valence-corrected chi connectivity index (χ1v) is 10.3. The molecule has 2 aliphatic rings. The van der Waals surface area contributed by atoms with Gasteiger partial charge < -0.3 is 14.4 Å². The molecule has 170 valence electrons. The molecule has 0 N–H and O–H groups in total. The topological polar surface area (TPSA) is 59.1 Å². The molecule has 4 rings (SSSR count). The van der Waals surface area contributed by atoms with Gasteiger partial charge in [-0.25, -0.2) is 4.79 Å². The van der Waals surface area contributed by atoms with Gasteiger partial charge in [-0.05, 0) is 30.7 Å². The van der Waals surface area contributed by atoms with Crippen molar-refractivity contribution in [2.45, 2.75) is 38.3 Å². The molecule has 2 aliphatic heterocycles. The van der Waals surface area contributed by atoms with Gasteiger partial charge in [-0.3, -0.25) is 9.69 Å². The molecule has 2 fully saturated rings. The summed E-state index contributed by atoms with van der Waals surface area (Å²) in [5.41, 5.74) is 1.62. The number of benzene rings is 2. The molecule has 9 heteroatoms. The van der Waals surface area contributed by atoms with Gasteiger partial charge in [0.1, 0.15) is 11.4 Å². The van der Waals surface area contributed by atoms with Crippen LogP contribution in [0.3, 0.4) is 0 Å². The van der Waals surface area contributed by atoms with Crippen molar-refractivity contribution in [3.05, 3.63) is 65.2 Å². The molecule has 0 saturated carbocycles. The standard InChI is InChI=1S/C23H23F3N2O4/c1-16-5-7-17(8-6-16)14-28-15-22(32-21(28)30)9-11-27(12-10-22)20(29)18-3-2-4-19(13-18)31-23(24,25)26/h2-8,13H,9-12,14-15H2,1H3. The Labute approximate surface area is 183 Å². The SMILES string of the molecule is Cc1ccc(CN2CC3(CCN(C(=O)c4cccc(OC(F)(F)F)c4)CC3)OC2=O)cc1. The molecule has 0 aromatic heterocycles. The lowest BCUT2D eigenvalue weighted by molar-refractivity contribution is -0.274. The number of rotatable bonds is 4. The highest BCUT2D eigenvalue weighted by Gasteiger charge is 2.47. The molecule has 32 heavy (non-hydrogen) atoms. The zero-order valence-electron chi connectivity index (χ0n) is 17.5. The Bertz CT molecular complexity index is 999. The summed E-state index contributed by atoms with van der Waals surface area (Å²) in [7, 11) is 0. The second kappa shape index (κ2) is 8.37. The van der Waals surface area contributed by atoms with E-state index in [1.807, 2.05) is 31.2 Å². The van der Waals surface area contributed by atoms with Crippen LogP contribution in [0.4, 0.5) is 18.0 Å². The highest BCUT2D eigenvalue weighted by molar-refractivity contribution is 5.94. The van der Waals surface area contributed by atoms with Crippen molar-refractivity contribution in [3.63, 3.8) is 0 Å². The summed E-state index contributed by atoms with van der Waals surface area (Å²) in [6.45, 7) is 3.58. The number of hydrogen-bond donors (Lipinski definition) is 0. The van der Waals surface area contributed by atoms with E-state index in [0.29, 0.717) is 39.0 Å². The summed E-state index contributed by atoms with van der Waals surface area (Å²) in [6, 6.07) is 13.0. The van der Waals surface area contributed by atoms with Crippen LogP contribution in [-0.2, 0) is 11.3 Å². The van der Waals surface area contributed by atoms with E-state index < -0.39 is 17.7 Å². The van der Waals surface area contributed by atoms with E-state index in [1.54, 1.807) is 9.80 Å². The normalized spacial score (nSPS) is 18.1. The van der Waals surface area contributed by atoms with E-state index in [4.69, 9.17) is 4.74 Å². The molecule has 0 atom stereocenters. The second-order valence-corrected chi connectivity index (χ2v) is 8.26. The van der Waals surface area contributed by atoms with Crippen LogP contribution in [0.1, 0.15) is 34.3 Å². The number of aryl methyl sites for hydroxylation is 1. The van der Waals surface area contributed by atoms with Gasteiger partial charge in [0.15, 0.2) is 0 Å². The van der Waals surface area contributed by atoms with Crippen molar-refractivity contribution in [1.82, 2.24) is 9.80 Å². The van der Waals surface area contributed by atoms with Crippen LogP contribution in [0.15, 0.2) is 48.5 Å². The van der Waals surface area contributed by atoms with Crippen LogP contribution in [0, 0.1) is 6.92 Å². The maximum Gasteiger partial charge on any atom is 0.573 e. The lowest BCUT2D eigenvalue weighted by Gasteiger charge is -2.37. The van der Waals surface area contributed by atoms with E-state index in [2.05, 4.69) is 4.74 Å². The predicted octanol–water partition coefficient (Wildman–Crippen LogP) is 4.52. The molecule has 2 aromatic rings. The number of hydrogen-bond acceptors (Lipinski definition) is 4. The summed E-state index contributed by atoms with van der Waals surface area (Å²) in [4.78, 5) is 28.4. The maximum absolute atomic E-state index is 12.8. The van der Waals surface area contributed by atoms with Crippen LogP contribution in [0.25, 0.3) is 0 Å². The van der Waals surface area contributed by atoms with Gasteiger partial charge in [0.25, 0.3) is 5.91 Å². The van der Waals surface area contributed by atoms with Crippen molar-refractivity contribution in [1.29, 1.82) is 0 Å². The minimum atomic E-state index is -4.82. The number of amides is 2. The predicted molar refractivity (Wildman–Crippen MR) is 109 cm³/mol. The molecular formula is C23H23F3N2O4. The zero-order valence-corrected chi connectivity index (χ0v) is 17.5. The molecule has 0 radical (unpaired) electrons. The third-order valence-corrected chi connectivity index (χ3v) is 5.81. The highest BCUT2D eigenvalue weighted by atomic mass is 19.4. The summed E-state index contributed by atoms with van der Waals surface area (Å²) in [5, 5.41) is 0. The van der Waals surface area contributed by atoms with Gasteiger partial charge in [0.05, 0.1) is 6.54 Å². The monoisotopic (exact) mass is 448 g/mol. The third kappa shape index (κ3) is 4.98. The Morgan fingerprint density at radius 1 is 1.12 bits per heavy atom. The summed E-state index contributed by atoms with van der Waals surface area (Å²) in [5.74, 6) is -0.818. The number of carbonyl (C=O) groups excluding carboxylic acids is 2. The molecule has 0 bridgehead atoms. The molecule has 1 spiro atoms. The molecule has 2 aromatic carbocycles. The van der Waals surface area contributed by atoms with Gasteiger partial charge in [-0.1, -0.05) is 35.9 Å². The third-order valence-electron chi connectivity index (χ3n) is 5.81. The molecule has 6 nitrogen and oxygen atoms in total. The lowest BCUT2D eigenvalue weighted by atomic mass is 9.91. The van der Waals surface area contributed by atoms with E-state index >= 15 is 0 Å².